The number of aryl methyl sites for hydroxylation is 2. The van der Waals surface area contributed by atoms with Crippen LogP contribution in [0.5, 0.6) is 0 Å². The summed E-state index contributed by atoms with van der Waals surface area (Å²) < 4.78 is 19.6. The number of piperazine rings is 1. The number of halogens is 1. The van der Waals surface area contributed by atoms with Gasteiger partial charge in [0, 0.05) is 70.9 Å². The van der Waals surface area contributed by atoms with Gasteiger partial charge in [-0.25, -0.2) is 9.18 Å². The number of anilines is 1. The highest BCUT2D eigenvalue weighted by Gasteiger charge is 2.21. The van der Waals surface area contributed by atoms with Crippen molar-refractivity contribution in [2.45, 2.75) is 13.5 Å². The lowest BCUT2D eigenvalue weighted by atomic mass is 10.2. The Kier molecular flexibility index (Phi) is 4.89. The summed E-state index contributed by atoms with van der Waals surface area (Å²) in [4.78, 5) is 34.3. The van der Waals surface area contributed by atoms with Crippen LogP contribution in [0.2, 0.25) is 0 Å². The third kappa shape index (κ3) is 3.22. The molecule has 1 aliphatic heterocycles. The van der Waals surface area contributed by atoms with E-state index in [2.05, 4.69) is 19.4 Å². The first-order valence-corrected chi connectivity index (χ1v) is 10.7. The van der Waals surface area contributed by atoms with E-state index in [9.17, 15) is 14.0 Å². The monoisotopic (exact) mass is 439 g/mol. The molecule has 0 atom stereocenters. The Bertz CT molecular complexity index is 1420. The molecule has 9 nitrogen and oxygen atoms in total. The molecule has 0 radical (unpaired) electrons. The number of hydrogen-bond acceptors (Lipinski definition) is 5. The molecule has 32 heavy (non-hydrogen) atoms. The Labute approximate surface area is 183 Å². The maximum atomic E-state index is 13.2. The first kappa shape index (κ1) is 20.5. The van der Waals surface area contributed by atoms with Crippen molar-refractivity contribution in [3.63, 3.8) is 0 Å². The average Bonchev–Trinajstić information content (AvgIpc) is 3.30. The fraction of sp³-hybridized carbons (Fsp3) is 0.409. The van der Waals surface area contributed by atoms with Crippen molar-refractivity contribution in [1.29, 1.82) is 0 Å². The third-order valence-corrected chi connectivity index (χ3v) is 6.46. The predicted molar refractivity (Wildman–Crippen MR) is 121 cm³/mol. The van der Waals surface area contributed by atoms with Crippen LogP contribution in [0.1, 0.15) is 5.69 Å². The topological polar surface area (TPSA) is 72.7 Å². The highest BCUT2D eigenvalue weighted by molar-refractivity contribution is 5.75. The number of hydrogen-bond donors (Lipinski definition) is 0. The van der Waals surface area contributed by atoms with Crippen LogP contribution in [0.15, 0.2) is 40.1 Å². The van der Waals surface area contributed by atoms with Crippen molar-refractivity contribution < 1.29 is 4.39 Å². The molecule has 1 aromatic carbocycles. The van der Waals surface area contributed by atoms with Crippen LogP contribution < -0.4 is 16.1 Å². The van der Waals surface area contributed by atoms with Gasteiger partial charge >= 0.3 is 5.69 Å². The van der Waals surface area contributed by atoms with Crippen molar-refractivity contribution in [1.82, 2.24) is 28.0 Å². The van der Waals surface area contributed by atoms with E-state index in [1.54, 1.807) is 11.4 Å². The number of rotatable bonds is 4. The highest BCUT2D eigenvalue weighted by atomic mass is 19.1. The average molecular weight is 439 g/mol. The van der Waals surface area contributed by atoms with E-state index in [1.165, 1.54) is 23.7 Å². The van der Waals surface area contributed by atoms with Gasteiger partial charge < -0.3 is 9.47 Å². The maximum absolute atomic E-state index is 13.2. The molecule has 5 rings (SSSR count). The number of aromatic nitrogens is 5. The summed E-state index contributed by atoms with van der Waals surface area (Å²) in [6, 6.07) is 6.65. The van der Waals surface area contributed by atoms with Gasteiger partial charge in [-0.15, -0.1) is 0 Å². The molecular formula is C22H26FN7O2. The first-order chi connectivity index (χ1) is 15.3. The third-order valence-electron chi connectivity index (χ3n) is 6.46. The van der Waals surface area contributed by atoms with Crippen LogP contribution in [-0.4, -0.2) is 60.7 Å². The first-order valence-electron chi connectivity index (χ1n) is 10.7. The van der Waals surface area contributed by atoms with Gasteiger partial charge in [0.25, 0.3) is 5.56 Å². The summed E-state index contributed by atoms with van der Waals surface area (Å²) in [7, 11) is 3.12. The second-order valence-electron chi connectivity index (χ2n) is 8.39. The summed E-state index contributed by atoms with van der Waals surface area (Å²) in [5.41, 5.74) is 2.14. The van der Waals surface area contributed by atoms with Crippen LogP contribution in [0.4, 0.5) is 10.1 Å². The Hall–Kier alpha value is -3.40. The Morgan fingerprint density at radius 2 is 1.66 bits per heavy atom. The second kappa shape index (κ2) is 7.63. The van der Waals surface area contributed by atoms with Crippen molar-refractivity contribution in [2.24, 2.45) is 14.1 Å². The minimum absolute atomic E-state index is 0.217. The van der Waals surface area contributed by atoms with E-state index in [-0.39, 0.29) is 17.1 Å². The standard InChI is InChI=1S/C22H26FN7O2/c1-15-14-30-18-19(25(2)22(32)26(3)20(18)31)24-21(30)29(15)13-10-27-8-11-28(12-9-27)17-6-4-16(23)5-7-17/h4-7,14H,8-13H2,1-3H3. The minimum Gasteiger partial charge on any atom is -0.369 e. The van der Waals surface area contributed by atoms with Crippen molar-refractivity contribution >= 4 is 22.6 Å². The Balaban J connectivity index is 1.35. The molecule has 1 saturated heterocycles. The molecular weight excluding hydrogens is 413 g/mol. The van der Waals surface area contributed by atoms with Gasteiger partial charge in [-0.05, 0) is 31.2 Å². The molecule has 1 aliphatic rings. The molecule has 0 bridgehead atoms. The SMILES string of the molecule is Cc1cn2c3c(=O)n(C)c(=O)n(C)c3nc2n1CCN1CCN(c2ccc(F)cc2)CC1. The van der Waals surface area contributed by atoms with Crippen molar-refractivity contribution in [2.75, 3.05) is 37.6 Å². The number of imidazole rings is 2. The van der Waals surface area contributed by atoms with Crippen LogP contribution in [0.25, 0.3) is 16.9 Å². The van der Waals surface area contributed by atoms with E-state index in [1.807, 2.05) is 25.3 Å². The lowest BCUT2D eigenvalue weighted by Crippen LogP contribution is -2.47. The van der Waals surface area contributed by atoms with E-state index in [0.29, 0.717) is 16.9 Å². The van der Waals surface area contributed by atoms with Crippen LogP contribution in [0, 0.1) is 12.7 Å². The van der Waals surface area contributed by atoms with Crippen molar-refractivity contribution in [3.05, 3.63) is 62.8 Å². The van der Waals surface area contributed by atoms with E-state index < -0.39 is 0 Å². The molecule has 0 spiro atoms. The second-order valence-corrected chi connectivity index (χ2v) is 8.39. The Morgan fingerprint density at radius 3 is 2.34 bits per heavy atom. The van der Waals surface area contributed by atoms with Gasteiger partial charge in [0.05, 0.1) is 0 Å². The van der Waals surface area contributed by atoms with Crippen LogP contribution in [0.3, 0.4) is 0 Å². The van der Waals surface area contributed by atoms with Crippen molar-refractivity contribution in [3.8, 4) is 0 Å². The molecule has 3 aromatic heterocycles. The smallest absolute Gasteiger partial charge is 0.332 e. The lowest BCUT2D eigenvalue weighted by molar-refractivity contribution is 0.248. The van der Waals surface area contributed by atoms with Crippen LogP contribution >= 0.6 is 0 Å². The minimum atomic E-state index is -0.384. The van der Waals surface area contributed by atoms with E-state index in [0.717, 1.165) is 55.2 Å². The fourth-order valence-electron chi connectivity index (χ4n) is 4.53. The molecule has 0 unspecified atom stereocenters. The summed E-state index contributed by atoms with van der Waals surface area (Å²) in [6.45, 7) is 7.19. The molecule has 0 N–H and O–H groups in total. The largest absolute Gasteiger partial charge is 0.369 e. The van der Waals surface area contributed by atoms with E-state index >= 15 is 0 Å². The Morgan fingerprint density at radius 1 is 0.969 bits per heavy atom. The molecule has 0 amide bonds. The van der Waals surface area contributed by atoms with Gasteiger partial charge in [-0.1, -0.05) is 0 Å². The number of benzene rings is 1. The quantitative estimate of drug-likeness (QED) is 0.474. The molecule has 1 fully saturated rings. The lowest BCUT2D eigenvalue weighted by Gasteiger charge is -2.36. The maximum Gasteiger partial charge on any atom is 0.332 e. The zero-order chi connectivity index (χ0) is 22.6. The fourth-order valence-corrected chi connectivity index (χ4v) is 4.53. The molecule has 4 aromatic rings. The van der Waals surface area contributed by atoms with Gasteiger partial charge in [-0.2, -0.15) is 4.98 Å². The van der Waals surface area contributed by atoms with Gasteiger partial charge in [0.1, 0.15) is 5.82 Å². The zero-order valence-corrected chi connectivity index (χ0v) is 18.5. The normalized spacial score (nSPS) is 15.3. The zero-order valence-electron chi connectivity index (χ0n) is 18.5. The van der Waals surface area contributed by atoms with Gasteiger partial charge in [0.2, 0.25) is 5.78 Å². The number of nitrogens with zero attached hydrogens (tertiary/aromatic N) is 7. The molecule has 10 heteroatoms. The molecule has 0 aliphatic carbocycles. The molecule has 0 saturated carbocycles. The predicted octanol–water partition coefficient (Wildman–Crippen LogP) is 0.956. The number of fused-ring (bicyclic) bond motifs is 3. The summed E-state index contributed by atoms with van der Waals surface area (Å²) >= 11 is 0. The molecule has 4 heterocycles. The van der Waals surface area contributed by atoms with Gasteiger partial charge in [0.15, 0.2) is 11.2 Å². The summed E-state index contributed by atoms with van der Waals surface area (Å²) in [6.07, 6.45) is 1.91. The van der Waals surface area contributed by atoms with E-state index in [4.69, 9.17) is 0 Å². The van der Waals surface area contributed by atoms with Gasteiger partial charge in [-0.3, -0.25) is 23.2 Å². The highest BCUT2D eigenvalue weighted by Crippen LogP contribution is 2.18. The van der Waals surface area contributed by atoms with Crippen LogP contribution in [-0.2, 0) is 20.6 Å². The summed E-state index contributed by atoms with van der Waals surface area (Å²) in [5, 5.41) is 0. The summed E-state index contributed by atoms with van der Waals surface area (Å²) in [5.74, 6) is 0.450. The molecule has 168 valence electrons.